The first-order valence-corrected chi connectivity index (χ1v) is 8.87. The van der Waals surface area contributed by atoms with E-state index in [1.54, 1.807) is 0 Å². The highest BCUT2D eigenvalue weighted by Crippen LogP contribution is 2.30. The summed E-state index contributed by atoms with van der Waals surface area (Å²) in [7, 11) is 2.21. The maximum atomic E-state index is 3.78. The molecular weight excluding hydrogens is 326 g/mol. The van der Waals surface area contributed by atoms with Crippen LogP contribution < -0.4 is 10.2 Å². The van der Waals surface area contributed by atoms with Crippen LogP contribution in [0.5, 0.6) is 0 Å². The number of hydrogen-bond donors (Lipinski definition) is 1. The van der Waals surface area contributed by atoms with Gasteiger partial charge in [-0.25, -0.2) is 0 Å². The molecule has 1 unspecified atom stereocenters. The van der Waals surface area contributed by atoms with Gasteiger partial charge in [0.05, 0.1) is 5.69 Å². The fraction of sp³-hybridized carbons (Fsp3) is 0.647. The van der Waals surface area contributed by atoms with E-state index >= 15 is 0 Å². The molecule has 118 valence electrons. The highest BCUT2D eigenvalue weighted by molar-refractivity contribution is 9.10. The van der Waals surface area contributed by atoms with Crippen molar-refractivity contribution >= 4 is 21.6 Å². The van der Waals surface area contributed by atoms with Gasteiger partial charge < -0.3 is 15.1 Å². The Kier molecular flexibility index (Phi) is 6.52. The van der Waals surface area contributed by atoms with Gasteiger partial charge in [0.15, 0.2) is 0 Å². The van der Waals surface area contributed by atoms with Crippen molar-refractivity contribution in [2.45, 2.75) is 32.7 Å². The molecule has 1 aliphatic rings. The lowest BCUT2D eigenvalue weighted by Crippen LogP contribution is -2.29. The fourth-order valence-corrected chi connectivity index (χ4v) is 3.46. The first kappa shape index (κ1) is 16.8. The van der Waals surface area contributed by atoms with Crippen molar-refractivity contribution in [3.05, 3.63) is 28.2 Å². The Morgan fingerprint density at radius 2 is 2.05 bits per heavy atom. The topological polar surface area (TPSA) is 18.5 Å². The Bertz CT molecular complexity index is 450. The van der Waals surface area contributed by atoms with Gasteiger partial charge in [0.2, 0.25) is 0 Å². The summed E-state index contributed by atoms with van der Waals surface area (Å²) in [5.74, 6) is 0. The maximum Gasteiger partial charge on any atom is 0.0511 e. The number of anilines is 1. The molecule has 0 aliphatic carbocycles. The van der Waals surface area contributed by atoms with Crippen LogP contribution in [0.4, 0.5) is 5.69 Å². The molecule has 1 aliphatic heterocycles. The zero-order valence-electron chi connectivity index (χ0n) is 13.5. The molecule has 1 heterocycles. The maximum absolute atomic E-state index is 3.78. The van der Waals surface area contributed by atoms with Crippen molar-refractivity contribution < 1.29 is 0 Å². The van der Waals surface area contributed by atoms with Crippen molar-refractivity contribution in [2.24, 2.45) is 0 Å². The second-order valence-electron chi connectivity index (χ2n) is 6.03. The van der Waals surface area contributed by atoms with E-state index in [2.05, 4.69) is 70.1 Å². The van der Waals surface area contributed by atoms with E-state index in [1.807, 2.05) is 0 Å². The molecule has 1 aromatic carbocycles. The summed E-state index contributed by atoms with van der Waals surface area (Å²) in [4.78, 5) is 4.92. The number of nitrogens with one attached hydrogen (secondary N) is 1. The lowest BCUT2D eigenvalue weighted by molar-refractivity contribution is 0.360. The highest BCUT2D eigenvalue weighted by atomic mass is 79.9. The summed E-state index contributed by atoms with van der Waals surface area (Å²) in [6.45, 7) is 10.1. The Hall–Kier alpha value is -0.580. The zero-order chi connectivity index (χ0) is 15.2. The SMILES string of the molecule is CCCNC(C)c1ccc(N2CCCN(C)CC2)c(Br)c1. The number of nitrogens with zero attached hydrogens (tertiary/aromatic N) is 2. The van der Waals surface area contributed by atoms with Crippen LogP contribution in [-0.2, 0) is 0 Å². The minimum Gasteiger partial charge on any atom is -0.369 e. The normalized spacial score (nSPS) is 18.6. The van der Waals surface area contributed by atoms with Gasteiger partial charge in [-0.1, -0.05) is 13.0 Å². The van der Waals surface area contributed by atoms with E-state index in [9.17, 15) is 0 Å². The van der Waals surface area contributed by atoms with Crippen molar-refractivity contribution in [1.29, 1.82) is 0 Å². The number of hydrogen-bond acceptors (Lipinski definition) is 3. The van der Waals surface area contributed by atoms with E-state index < -0.39 is 0 Å². The van der Waals surface area contributed by atoms with Crippen LogP contribution in [0.2, 0.25) is 0 Å². The molecular formula is C17H28BrN3. The minimum atomic E-state index is 0.408. The summed E-state index contributed by atoms with van der Waals surface area (Å²) in [6.07, 6.45) is 2.41. The van der Waals surface area contributed by atoms with Gasteiger partial charge in [0.1, 0.15) is 0 Å². The molecule has 1 N–H and O–H groups in total. The summed E-state index contributed by atoms with van der Waals surface area (Å²) >= 11 is 3.78. The van der Waals surface area contributed by atoms with Crippen molar-refractivity contribution in [2.75, 3.05) is 44.7 Å². The average molecular weight is 354 g/mol. The summed E-state index contributed by atoms with van der Waals surface area (Å²) < 4.78 is 1.22. The summed E-state index contributed by atoms with van der Waals surface area (Å²) in [5, 5.41) is 3.55. The molecule has 0 aromatic heterocycles. The largest absolute Gasteiger partial charge is 0.369 e. The molecule has 0 saturated carbocycles. The third kappa shape index (κ3) is 4.70. The first-order chi connectivity index (χ1) is 10.1. The molecule has 4 heteroatoms. The molecule has 0 spiro atoms. The summed E-state index contributed by atoms with van der Waals surface area (Å²) in [6, 6.07) is 7.22. The van der Waals surface area contributed by atoms with Gasteiger partial charge in [0, 0.05) is 30.1 Å². The first-order valence-electron chi connectivity index (χ1n) is 8.08. The quantitative estimate of drug-likeness (QED) is 0.871. The van der Waals surface area contributed by atoms with Crippen LogP contribution in [0.1, 0.15) is 38.3 Å². The second-order valence-corrected chi connectivity index (χ2v) is 6.88. The second kappa shape index (κ2) is 8.16. The Balaban J connectivity index is 2.08. The van der Waals surface area contributed by atoms with Crippen LogP contribution in [0.25, 0.3) is 0 Å². The molecule has 0 radical (unpaired) electrons. The Morgan fingerprint density at radius 1 is 1.24 bits per heavy atom. The highest BCUT2D eigenvalue weighted by Gasteiger charge is 2.16. The van der Waals surface area contributed by atoms with Crippen molar-refractivity contribution in [3.63, 3.8) is 0 Å². The number of rotatable bonds is 5. The minimum absolute atomic E-state index is 0.408. The van der Waals surface area contributed by atoms with E-state index in [4.69, 9.17) is 0 Å². The molecule has 0 amide bonds. The van der Waals surface area contributed by atoms with E-state index in [0.29, 0.717) is 6.04 Å². The zero-order valence-corrected chi connectivity index (χ0v) is 15.1. The van der Waals surface area contributed by atoms with Crippen LogP contribution in [0.3, 0.4) is 0 Å². The smallest absolute Gasteiger partial charge is 0.0511 e. The van der Waals surface area contributed by atoms with Crippen LogP contribution in [-0.4, -0.2) is 44.7 Å². The van der Waals surface area contributed by atoms with Gasteiger partial charge in [-0.15, -0.1) is 0 Å². The van der Waals surface area contributed by atoms with Gasteiger partial charge >= 0.3 is 0 Å². The Morgan fingerprint density at radius 3 is 2.76 bits per heavy atom. The predicted molar refractivity (Wildman–Crippen MR) is 95.2 cm³/mol. The molecule has 1 fully saturated rings. The number of benzene rings is 1. The standard InChI is InChI=1S/C17H28BrN3/c1-4-8-19-14(2)15-6-7-17(16(18)13-15)21-10-5-9-20(3)11-12-21/h6-7,13-14,19H,4-5,8-12H2,1-3H3. The van der Waals surface area contributed by atoms with Gasteiger partial charge in [-0.05, 0) is 73.5 Å². The lowest BCUT2D eigenvalue weighted by Gasteiger charge is -2.25. The molecule has 2 rings (SSSR count). The van der Waals surface area contributed by atoms with Crippen LogP contribution in [0.15, 0.2) is 22.7 Å². The third-order valence-electron chi connectivity index (χ3n) is 4.23. The lowest BCUT2D eigenvalue weighted by atomic mass is 10.1. The van der Waals surface area contributed by atoms with E-state index in [-0.39, 0.29) is 0 Å². The third-order valence-corrected chi connectivity index (χ3v) is 4.87. The number of likely N-dealkylation sites (N-methyl/N-ethyl adjacent to an activating group) is 1. The Labute approximate surface area is 137 Å². The predicted octanol–water partition coefficient (Wildman–Crippen LogP) is 3.65. The van der Waals surface area contributed by atoms with Crippen LogP contribution >= 0.6 is 15.9 Å². The molecule has 1 aromatic rings. The molecule has 0 bridgehead atoms. The molecule has 1 atom stereocenters. The molecule has 21 heavy (non-hydrogen) atoms. The van der Waals surface area contributed by atoms with Gasteiger partial charge in [-0.3, -0.25) is 0 Å². The number of halogens is 1. The van der Waals surface area contributed by atoms with Crippen molar-refractivity contribution in [1.82, 2.24) is 10.2 Å². The van der Waals surface area contributed by atoms with Gasteiger partial charge in [0.25, 0.3) is 0 Å². The summed E-state index contributed by atoms with van der Waals surface area (Å²) in [5.41, 5.74) is 2.68. The molecule has 1 saturated heterocycles. The monoisotopic (exact) mass is 353 g/mol. The average Bonchev–Trinajstić information content (AvgIpc) is 2.69. The van der Waals surface area contributed by atoms with E-state index in [1.165, 1.54) is 35.1 Å². The fourth-order valence-electron chi connectivity index (χ4n) is 2.82. The van der Waals surface area contributed by atoms with E-state index in [0.717, 1.165) is 26.2 Å². The van der Waals surface area contributed by atoms with Crippen LogP contribution in [0, 0.1) is 0 Å². The molecule has 3 nitrogen and oxygen atoms in total. The van der Waals surface area contributed by atoms with Crippen molar-refractivity contribution in [3.8, 4) is 0 Å². The van der Waals surface area contributed by atoms with Gasteiger partial charge in [-0.2, -0.15) is 0 Å².